The van der Waals surface area contributed by atoms with E-state index >= 15 is 0 Å². The summed E-state index contributed by atoms with van der Waals surface area (Å²) in [5, 5.41) is 3.03. The molecule has 1 N–H and O–H groups in total. The van der Waals surface area contributed by atoms with E-state index in [4.69, 9.17) is 16.3 Å². The van der Waals surface area contributed by atoms with E-state index < -0.39 is 17.8 Å². The molecule has 0 aliphatic rings. The highest BCUT2D eigenvalue weighted by Gasteiger charge is 2.25. The summed E-state index contributed by atoms with van der Waals surface area (Å²) in [6.45, 7) is 7.30. The Bertz CT molecular complexity index is 467. The smallest absolute Gasteiger partial charge is 0.327 e. The normalized spacial score (nSPS) is 12.5. The molecule has 0 radical (unpaired) electrons. The summed E-state index contributed by atoms with van der Waals surface area (Å²) >= 11 is 5.77. The van der Waals surface area contributed by atoms with Gasteiger partial charge in [-0.05, 0) is 19.2 Å². The summed E-state index contributed by atoms with van der Waals surface area (Å²) in [5.41, 5.74) is 0.203. The van der Waals surface area contributed by atoms with Crippen LogP contribution in [0.15, 0.2) is 18.2 Å². The number of nitrogens with one attached hydrogen (secondary N) is 1. The molecule has 0 fully saturated rings. The van der Waals surface area contributed by atoms with Gasteiger partial charge in [-0.3, -0.25) is 5.32 Å². The molecule has 0 bridgehead atoms. The van der Waals surface area contributed by atoms with Crippen LogP contribution in [0.5, 0.6) is 0 Å². The molecule has 4 nitrogen and oxygen atoms in total. The Morgan fingerprint density at radius 3 is 2.67 bits per heavy atom. The van der Waals surface area contributed by atoms with E-state index in [1.54, 1.807) is 6.07 Å². The van der Waals surface area contributed by atoms with E-state index in [-0.39, 0.29) is 10.6 Å². The van der Waals surface area contributed by atoms with Crippen LogP contribution in [0.25, 0.3) is 0 Å². The van der Waals surface area contributed by atoms with Gasteiger partial charge in [0.15, 0.2) is 0 Å². The number of likely N-dealkylation sites (N-methyl/N-ethyl adjacent to an activating group) is 1. The third-order valence-corrected chi connectivity index (χ3v) is 3.69. The van der Waals surface area contributed by atoms with Crippen LogP contribution in [0.3, 0.4) is 0 Å². The Balaban J connectivity index is 2.82. The van der Waals surface area contributed by atoms with E-state index in [1.807, 2.05) is 0 Å². The number of methoxy groups -OCH3 is 1. The zero-order valence-electron chi connectivity index (χ0n) is 12.7. The second-order valence-corrected chi connectivity index (χ2v) is 4.99. The first-order valence-corrected chi connectivity index (χ1v) is 7.40. The summed E-state index contributed by atoms with van der Waals surface area (Å²) < 4.78 is 18.8. The molecule has 0 saturated heterocycles. The van der Waals surface area contributed by atoms with E-state index in [1.165, 1.54) is 19.2 Å². The quantitative estimate of drug-likeness (QED) is 0.749. The number of nitrogens with zero attached hydrogens (tertiary/aromatic N) is 1. The van der Waals surface area contributed by atoms with Gasteiger partial charge in [-0.2, -0.15) is 0 Å². The third-order valence-electron chi connectivity index (χ3n) is 3.40. The van der Waals surface area contributed by atoms with Crippen LogP contribution in [-0.2, 0) is 9.53 Å². The topological polar surface area (TPSA) is 41.6 Å². The van der Waals surface area contributed by atoms with Crippen molar-refractivity contribution in [3.05, 3.63) is 34.6 Å². The molecule has 0 spiro atoms. The summed E-state index contributed by atoms with van der Waals surface area (Å²) in [7, 11) is 1.28. The SMILES string of the molecule is CCN(CC)CCNC(C(=O)OC)c1cccc(Cl)c1F. The Hall–Kier alpha value is -1.17. The Morgan fingerprint density at radius 2 is 2.10 bits per heavy atom. The number of hydrogen-bond donors (Lipinski definition) is 1. The van der Waals surface area contributed by atoms with Crippen molar-refractivity contribution in [2.45, 2.75) is 19.9 Å². The molecular weight excluding hydrogens is 295 g/mol. The number of carbonyl (C=O) groups excluding carboxylic acids is 1. The highest BCUT2D eigenvalue weighted by Crippen LogP contribution is 2.24. The van der Waals surface area contributed by atoms with Gasteiger partial charge in [0.2, 0.25) is 0 Å². The molecule has 1 aromatic rings. The molecule has 1 atom stereocenters. The second kappa shape index (κ2) is 8.97. The van der Waals surface area contributed by atoms with Gasteiger partial charge in [-0.1, -0.05) is 37.6 Å². The van der Waals surface area contributed by atoms with E-state index in [2.05, 4.69) is 24.1 Å². The molecule has 1 rings (SSSR count). The van der Waals surface area contributed by atoms with Crippen LogP contribution in [0.2, 0.25) is 5.02 Å². The molecule has 0 aromatic heterocycles. The molecule has 0 amide bonds. The summed E-state index contributed by atoms with van der Waals surface area (Å²) in [5.74, 6) is -1.12. The maximum atomic E-state index is 14.1. The number of ether oxygens (including phenoxy) is 1. The van der Waals surface area contributed by atoms with E-state index in [9.17, 15) is 9.18 Å². The number of hydrogen-bond acceptors (Lipinski definition) is 4. The van der Waals surface area contributed by atoms with Gasteiger partial charge in [0.25, 0.3) is 0 Å². The van der Waals surface area contributed by atoms with Gasteiger partial charge in [-0.25, -0.2) is 9.18 Å². The summed E-state index contributed by atoms with van der Waals surface area (Å²) in [6.07, 6.45) is 0. The predicted octanol–water partition coefficient (Wildman–Crippen LogP) is 2.62. The van der Waals surface area contributed by atoms with Crippen LogP contribution < -0.4 is 5.32 Å². The molecule has 1 aromatic carbocycles. The molecule has 21 heavy (non-hydrogen) atoms. The molecule has 118 valence electrons. The standard InChI is InChI=1S/C15H22ClFN2O2/c1-4-19(5-2)10-9-18-14(15(20)21-3)11-7-6-8-12(16)13(11)17/h6-8,14,18H,4-5,9-10H2,1-3H3. The van der Waals surface area contributed by atoms with Crippen molar-refractivity contribution in [3.8, 4) is 0 Å². The first-order valence-electron chi connectivity index (χ1n) is 7.02. The molecule has 1 unspecified atom stereocenters. The lowest BCUT2D eigenvalue weighted by Gasteiger charge is -2.22. The molecule has 0 aliphatic heterocycles. The molecule has 0 aliphatic carbocycles. The minimum Gasteiger partial charge on any atom is -0.468 e. The monoisotopic (exact) mass is 316 g/mol. The molecule has 0 saturated carbocycles. The average Bonchev–Trinajstić information content (AvgIpc) is 2.50. The average molecular weight is 317 g/mol. The maximum Gasteiger partial charge on any atom is 0.327 e. The van der Waals surface area contributed by atoms with Crippen molar-refractivity contribution >= 4 is 17.6 Å². The first kappa shape index (κ1) is 17.9. The minimum atomic E-state index is -0.857. The van der Waals surface area contributed by atoms with E-state index in [0.29, 0.717) is 6.54 Å². The Labute approximate surface area is 130 Å². The number of carbonyl (C=O) groups is 1. The number of halogens is 2. The van der Waals surface area contributed by atoms with Gasteiger partial charge in [0.05, 0.1) is 12.1 Å². The van der Waals surface area contributed by atoms with Gasteiger partial charge < -0.3 is 9.64 Å². The number of rotatable bonds is 8. The summed E-state index contributed by atoms with van der Waals surface area (Å²) in [4.78, 5) is 14.1. The van der Waals surface area contributed by atoms with Crippen LogP contribution in [0.4, 0.5) is 4.39 Å². The largest absolute Gasteiger partial charge is 0.468 e. The first-order chi connectivity index (χ1) is 10.0. The summed E-state index contributed by atoms with van der Waals surface area (Å²) in [6, 6.07) is 3.74. The lowest BCUT2D eigenvalue weighted by atomic mass is 10.1. The fraction of sp³-hybridized carbons (Fsp3) is 0.533. The van der Waals surface area contributed by atoms with Gasteiger partial charge >= 0.3 is 5.97 Å². The van der Waals surface area contributed by atoms with Crippen molar-refractivity contribution in [1.29, 1.82) is 0 Å². The van der Waals surface area contributed by atoms with Gasteiger partial charge in [-0.15, -0.1) is 0 Å². The number of esters is 1. The van der Waals surface area contributed by atoms with Crippen LogP contribution >= 0.6 is 11.6 Å². The minimum absolute atomic E-state index is 0.00746. The fourth-order valence-corrected chi connectivity index (χ4v) is 2.27. The highest BCUT2D eigenvalue weighted by atomic mass is 35.5. The lowest BCUT2D eigenvalue weighted by Crippen LogP contribution is -2.37. The molecule has 0 heterocycles. The Morgan fingerprint density at radius 1 is 1.43 bits per heavy atom. The predicted molar refractivity (Wildman–Crippen MR) is 82.0 cm³/mol. The fourth-order valence-electron chi connectivity index (χ4n) is 2.09. The van der Waals surface area contributed by atoms with Crippen LogP contribution in [0.1, 0.15) is 25.5 Å². The van der Waals surface area contributed by atoms with Crippen molar-refractivity contribution in [1.82, 2.24) is 10.2 Å². The van der Waals surface area contributed by atoms with E-state index in [0.717, 1.165) is 19.6 Å². The van der Waals surface area contributed by atoms with Crippen molar-refractivity contribution < 1.29 is 13.9 Å². The molecular formula is C15H22ClFN2O2. The van der Waals surface area contributed by atoms with Crippen LogP contribution in [-0.4, -0.2) is 44.2 Å². The lowest BCUT2D eigenvalue weighted by molar-refractivity contribution is -0.143. The van der Waals surface area contributed by atoms with Crippen molar-refractivity contribution in [2.24, 2.45) is 0 Å². The van der Waals surface area contributed by atoms with Gasteiger partial charge in [0, 0.05) is 18.7 Å². The van der Waals surface area contributed by atoms with Crippen molar-refractivity contribution in [2.75, 3.05) is 33.3 Å². The molecule has 6 heteroatoms. The van der Waals surface area contributed by atoms with Gasteiger partial charge in [0.1, 0.15) is 11.9 Å². The zero-order valence-corrected chi connectivity index (χ0v) is 13.4. The zero-order chi connectivity index (χ0) is 15.8. The Kier molecular flexibility index (Phi) is 7.64. The third kappa shape index (κ3) is 4.95. The number of benzene rings is 1. The van der Waals surface area contributed by atoms with Crippen LogP contribution in [0, 0.1) is 5.82 Å². The highest BCUT2D eigenvalue weighted by molar-refractivity contribution is 6.30. The maximum absolute atomic E-state index is 14.1. The second-order valence-electron chi connectivity index (χ2n) is 4.58. The van der Waals surface area contributed by atoms with Crippen molar-refractivity contribution in [3.63, 3.8) is 0 Å².